The maximum atomic E-state index is 9.70. The van der Waals surface area contributed by atoms with Crippen LogP contribution in [0.1, 0.15) is 23.3 Å². The lowest BCUT2D eigenvalue weighted by Gasteiger charge is -2.34. The molecule has 25 heavy (non-hydrogen) atoms. The molecule has 0 aliphatic carbocycles. The van der Waals surface area contributed by atoms with Gasteiger partial charge in [0.25, 0.3) is 0 Å². The monoisotopic (exact) mass is 374 g/mol. The lowest BCUT2D eigenvalue weighted by Crippen LogP contribution is -2.35. The van der Waals surface area contributed by atoms with Gasteiger partial charge in [0.05, 0.1) is 0 Å². The maximum absolute atomic E-state index is 9.70. The summed E-state index contributed by atoms with van der Waals surface area (Å²) >= 11 is 12.4. The second kappa shape index (κ2) is 6.38. The van der Waals surface area contributed by atoms with E-state index in [1.54, 1.807) is 29.2 Å². The summed E-state index contributed by atoms with van der Waals surface area (Å²) in [5.41, 5.74) is 1.82. The summed E-state index contributed by atoms with van der Waals surface area (Å²) in [6.07, 6.45) is 2.40. The summed E-state index contributed by atoms with van der Waals surface area (Å²) in [5.74, 6) is 0.600. The molecule has 0 unspecified atom stereocenters. The SMILES string of the molecule is O/N=C1\c2ccccc2O[C@@H](c2ccc(Cl)cc2Cl)[C@@H]1n1cncn1. The Labute approximate surface area is 153 Å². The van der Waals surface area contributed by atoms with Crippen LogP contribution in [0.2, 0.25) is 10.0 Å². The van der Waals surface area contributed by atoms with Crippen molar-refractivity contribution in [2.75, 3.05) is 0 Å². The summed E-state index contributed by atoms with van der Waals surface area (Å²) in [4.78, 5) is 3.99. The van der Waals surface area contributed by atoms with Gasteiger partial charge in [0, 0.05) is 21.2 Å². The van der Waals surface area contributed by atoms with Crippen molar-refractivity contribution in [2.45, 2.75) is 12.1 Å². The number of para-hydroxylation sites is 1. The number of oxime groups is 1. The molecule has 2 atom stereocenters. The average molecular weight is 375 g/mol. The lowest BCUT2D eigenvalue weighted by atomic mass is 9.91. The van der Waals surface area contributed by atoms with Crippen molar-refractivity contribution in [3.63, 3.8) is 0 Å². The molecule has 3 aromatic rings. The van der Waals surface area contributed by atoms with Crippen molar-refractivity contribution in [1.29, 1.82) is 0 Å². The first-order valence-electron chi connectivity index (χ1n) is 7.46. The maximum Gasteiger partial charge on any atom is 0.153 e. The molecule has 0 radical (unpaired) electrons. The number of halogens is 2. The minimum absolute atomic E-state index is 0.420. The molecule has 1 aliphatic rings. The molecule has 1 aliphatic heterocycles. The Kier molecular flexibility index (Phi) is 4.07. The van der Waals surface area contributed by atoms with Gasteiger partial charge in [-0.05, 0) is 24.3 Å². The molecule has 0 spiro atoms. The highest BCUT2D eigenvalue weighted by atomic mass is 35.5. The van der Waals surface area contributed by atoms with Gasteiger partial charge in [0.1, 0.15) is 30.2 Å². The minimum Gasteiger partial charge on any atom is -0.482 e. The number of fused-ring (bicyclic) bond motifs is 1. The Hall–Kier alpha value is -2.57. The summed E-state index contributed by atoms with van der Waals surface area (Å²) in [6.45, 7) is 0. The third-order valence-electron chi connectivity index (χ3n) is 4.08. The molecule has 2 heterocycles. The molecular formula is C17H12Cl2N4O2. The zero-order valence-electron chi connectivity index (χ0n) is 12.8. The van der Waals surface area contributed by atoms with Crippen LogP contribution >= 0.6 is 23.2 Å². The van der Waals surface area contributed by atoms with E-state index < -0.39 is 12.1 Å². The number of aromatic nitrogens is 3. The van der Waals surface area contributed by atoms with Crippen LogP contribution in [0.4, 0.5) is 0 Å². The van der Waals surface area contributed by atoms with Crippen LogP contribution in [0.15, 0.2) is 60.3 Å². The molecule has 6 nitrogen and oxygen atoms in total. The van der Waals surface area contributed by atoms with Crippen molar-refractivity contribution in [3.05, 3.63) is 76.3 Å². The van der Waals surface area contributed by atoms with E-state index in [-0.39, 0.29) is 0 Å². The van der Waals surface area contributed by atoms with Crippen LogP contribution in [-0.4, -0.2) is 25.7 Å². The van der Waals surface area contributed by atoms with Crippen LogP contribution in [0.5, 0.6) is 5.75 Å². The van der Waals surface area contributed by atoms with Crippen LogP contribution in [0.25, 0.3) is 0 Å². The normalized spacial score (nSPS) is 21.0. The predicted molar refractivity (Wildman–Crippen MR) is 93.7 cm³/mol. The first-order valence-corrected chi connectivity index (χ1v) is 8.21. The van der Waals surface area contributed by atoms with Crippen LogP contribution in [0, 0.1) is 0 Å². The third-order valence-corrected chi connectivity index (χ3v) is 4.64. The van der Waals surface area contributed by atoms with Crippen LogP contribution < -0.4 is 4.74 Å². The van der Waals surface area contributed by atoms with Gasteiger partial charge in [-0.25, -0.2) is 9.67 Å². The first kappa shape index (κ1) is 15.9. The molecule has 4 rings (SSSR count). The van der Waals surface area contributed by atoms with Gasteiger partial charge >= 0.3 is 0 Å². The zero-order chi connectivity index (χ0) is 17.4. The fourth-order valence-electron chi connectivity index (χ4n) is 2.99. The molecular weight excluding hydrogens is 363 g/mol. The van der Waals surface area contributed by atoms with E-state index in [0.717, 1.165) is 0 Å². The van der Waals surface area contributed by atoms with E-state index in [1.807, 2.05) is 24.3 Å². The second-order valence-electron chi connectivity index (χ2n) is 5.51. The van der Waals surface area contributed by atoms with Gasteiger partial charge in [-0.2, -0.15) is 5.10 Å². The Morgan fingerprint density at radius 2 is 2.00 bits per heavy atom. The molecule has 0 amide bonds. The minimum atomic E-state index is -0.563. The Morgan fingerprint density at radius 1 is 1.16 bits per heavy atom. The molecule has 0 bridgehead atoms. The summed E-state index contributed by atoms with van der Waals surface area (Å²) in [5, 5.41) is 18.4. The molecule has 1 aromatic heterocycles. The van der Waals surface area contributed by atoms with Crippen LogP contribution in [0.3, 0.4) is 0 Å². The van der Waals surface area contributed by atoms with Gasteiger partial charge in [-0.15, -0.1) is 0 Å². The van der Waals surface area contributed by atoms with Crippen molar-refractivity contribution in [2.24, 2.45) is 5.16 Å². The van der Waals surface area contributed by atoms with E-state index in [4.69, 9.17) is 27.9 Å². The van der Waals surface area contributed by atoms with Crippen molar-refractivity contribution in [1.82, 2.24) is 14.8 Å². The number of nitrogens with zero attached hydrogens (tertiary/aromatic N) is 4. The van der Waals surface area contributed by atoms with E-state index in [0.29, 0.717) is 32.6 Å². The number of rotatable bonds is 2. The molecule has 2 aromatic carbocycles. The number of benzene rings is 2. The van der Waals surface area contributed by atoms with E-state index in [2.05, 4.69) is 15.2 Å². The van der Waals surface area contributed by atoms with Gasteiger partial charge < -0.3 is 9.94 Å². The van der Waals surface area contributed by atoms with E-state index in [9.17, 15) is 5.21 Å². The van der Waals surface area contributed by atoms with Gasteiger partial charge in [-0.1, -0.05) is 46.6 Å². The number of ether oxygens (including phenoxy) is 1. The molecule has 126 valence electrons. The van der Waals surface area contributed by atoms with Gasteiger partial charge in [-0.3, -0.25) is 0 Å². The highest BCUT2D eigenvalue weighted by molar-refractivity contribution is 6.35. The highest BCUT2D eigenvalue weighted by Crippen LogP contribution is 2.43. The second-order valence-corrected chi connectivity index (χ2v) is 6.35. The van der Waals surface area contributed by atoms with Gasteiger partial charge in [0.15, 0.2) is 6.10 Å². The quantitative estimate of drug-likeness (QED) is 0.540. The smallest absolute Gasteiger partial charge is 0.153 e. The third kappa shape index (κ3) is 2.73. The fraction of sp³-hybridized carbons (Fsp3) is 0.118. The Morgan fingerprint density at radius 3 is 2.72 bits per heavy atom. The fourth-order valence-corrected chi connectivity index (χ4v) is 3.50. The largest absolute Gasteiger partial charge is 0.482 e. The van der Waals surface area contributed by atoms with Crippen molar-refractivity contribution in [3.8, 4) is 5.75 Å². The van der Waals surface area contributed by atoms with Gasteiger partial charge in [0.2, 0.25) is 0 Å². The van der Waals surface area contributed by atoms with Crippen molar-refractivity contribution < 1.29 is 9.94 Å². The summed E-state index contributed by atoms with van der Waals surface area (Å²) < 4.78 is 7.78. The Balaban J connectivity index is 1.92. The van der Waals surface area contributed by atoms with E-state index >= 15 is 0 Å². The Bertz CT molecular complexity index is 944. The van der Waals surface area contributed by atoms with Crippen molar-refractivity contribution >= 4 is 28.9 Å². The molecule has 8 heteroatoms. The number of hydrogen-bond acceptors (Lipinski definition) is 5. The number of hydrogen-bond donors (Lipinski definition) is 1. The lowest BCUT2D eigenvalue weighted by molar-refractivity contribution is 0.151. The topological polar surface area (TPSA) is 72.5 Å². The molecule has 0 saturated carbocycles. The molecule has 0 saturated heterocycles. The summed E-state index contributed by atoms with van der Waals surface area (Å²) in [7, 11) is 0. The summed E-state index contributed by atoms with van der Waals surface area (Å²) in [6, 6.07) is 12.0. The average Bonchev–Trinajstić information content (AvgIpc) is 3.14. The highest BCUT2D eigenvalue weighted by Gasteiger charge is 2.40. The molecule has 1 N–H and O–H groups in total. The first-order chi connectivity index (χ1) is 12.2. The van der Waals surface area contributed by atoms with Crippen LogP contribution in [-0.2, 0) is 0 Å². The standard InChI is InChI=1S/C17H12Cl2N4O2/c18-10-5-6-11(13(19)7-10)17-16(23-9-20-8-21-23)15(22-24)12-3-1-2-4-14(12)25-17/h1-9,16-17,24H/b22-15+/t16-,17+/m1/s1. The molecule has 0 fully saturated rings. The predicted octanol–water partition coefficient (Wildman–Crippen LogP) is 4.14. The zero-order valence-corrected chi connectivity index (χ0v) is 14.3. The van der Waals surface area contributed by atoms with E-state index in [1.165, 1.54) is 6.33 Å².